The lowest BCUT2D eigenvalue weighted by Crippen LogP contribution is -2.28. The highest BCUT2D eigenvalue weighted by Crippen LogP contribution is 2.12. The Labute approximate surface area is 104 Å². The third-order valence-electron chi connectivity index (χ3n) is 1.79. The second-order valence-corrected chi connectivity index (χ2v) is 4.60. The van der Waals surface area contributed by atoms with Gasteiger partial charge in [-0.1, -0.05) is 0 Å². The molecule has 0 aliphatic rings. The Morgan fingerprint density at radius 3 is 2.61 bits per heavy atom. The van der Waals surface area contributed by atoms with Gasteiger partial charge in [-0.2, -0.15) is 0 Å². The Bertz CT molecular complexity index is 437. The van der Waals surface area contributed by atoms with E-state index in [2.05, 4.69) is 10.3 Å². The van der Waals surface area contributed by atoms with Gasteiger partial charge in [-0.05, 0) is 26.8 Å². The lowest BCUT2D eigenvalue weighted by molar-refractivity contribution is -0.385. The fourth-order valence-corrected chi connectivity index (χ4v) is 1.14. The molecule has 1 aromatic rings. The molecule has 0 amide bonds. The van der Waals surface area contributed by atoms with Gasteiger partial charge in [0.25, 0.3) is 5.69 Å². The molecule has 0 atom stereocenters. The van der Waals surface area contributed by atoms with Crippen LogP contribution in [0.3, 0.4) is 0 Å². The van der Waals surface area contributed by atoms with E-state index in [1.165, 1.54) is 12.1 Å². The van der Waals surface area contributed by atoms with E-state index in [4.69, 9.17) is 4.74 Å². The summed E-state index contributed by atoms with van der Waals surface area (Å²) in [6.45, 7) is 5.28. The van der Waals surface area contributed by atoms with E-state index in [0.29, 0.717) is 5.82 Å². The summed E-state index contributed by atoms with van der Waals surface area (Å²) in [6, 6.07) is 2.74. The van der Waals surface area contributed by atoms with Gasteiger partial charge in [-0.3, -0.25) is 14.9 Å². The number of nitro groups is 1. The summed E-state index contributed by atoms with van der Waals surface area (Å²) >= 11 is 0. The van der Waals surface area contributed by atoms with Crippen molar-refractivity contribution < 1.29 is 14.5 Å². The molecule has 0 aliphatic carbocycles. The van der Waals surface area contributed by atoms with E-state index in [1.807, 2.05) is 0 Å². The van der Waals surface area contributed by atoms with Gasteiger partial charge in [-0.25, -0.2) is 4.98 Å². The Hall–Kier alpha value is -2.18. The number of anilines is 1. The highest BCUT2D eigenvalue weighted by atomic mass is 16.6. The minimum Gasteiger partial charge on any atom is -0.459 e. The maximum Gasteiger partial charge on any atom is 0.325 e. The topological polar surface area (TPSA) is 94.4 Å². The van der Waals surface area contributed by atoms with Gasteiger partial charge in [0.2, 0.25) is 0 Å². The molecule has 7 nitrogen and oxygen atoms in total. The molecule has 0 spiro atoms. The van der Waals surface area contributed by atoms with Crippen molar-refractivity contribution in [3.63, 3.8) is 0 Å². The SMILES string of the molecule is CC(C)(C)OC(=O)CNc1ccc([N+](=O)[O-])cn1. The van der Waals surface area contributed by atoms with Crippen LogP contribution >= 0.6 is 0 Å². The van der Waals surface area contributed by atoms with Crippen LogP contribution in [0.2, 0.25) is 0 Å². The predicted molar refractivity (Wildman–Crippen MR) is 65.2 cm³/mol. The smallest absolute Gasteiger partial charge is 0.325 e. The highest BCUT2D eigenvalue weighted by molar-refractivity contribution is 5.74. The highest BCUT2D eigenvalue weighted by Gasteiger charge is 2.16. The van der Waals surface area contributed by atoms with Crippen molar-refractivity contribution in [1.29, 1.82) is 0 Å². The lowest BCUT2D eigenvalue weighted by atomic mass is 10.2. The largest absolute Gasteiger partial charge is 0.459 e. The number of nitrogens with zero attached hydrogens (tertiary/aromatic N) is 2. The van der Waals surface area contributed by atoms with E-state index in [0.717, 1.165) is 6.20 Å². The standard InChI is InChI=1S/C11H15N3O4/c1-11(2,3)18-10(15)7-13-9-5-4-8(6-12-9)14(16)17/h4-6H,7H2,1-3H3,(H,12,13). The molecule has 1 N–H and O–H groups in total. The molecule has 0 saturated heterocycles. The number of carbonyl (C=O) groups is 1. The first kappa shape index (κ1) is 13.9. The van der Waals surface area contributed by atoms with Crippen molar-refractivity contribution in [3.8, 4) is 0 Å². The molecule has 1 aromatic heterocycles. The van der Waals surface area contributed by atoms with Crippen LogP contribution in [0.25, 0.3) is 0 Å². The van der Waals surface area contributed by atoms with Gasteiger partial charge in [0.15, 0.2) is 0 Å². The van der Waals surface area contributed by atoms with Gasteiger partial charge < -0.3 is 10.1 Å². The first-order valence-corrected chi connectivity index (χ1v) is 5.34. The second kappa shape index (κ2) is 5.44. The van der Waals surface area contributed by atoms with Gasteiger partial charge in [0.1, 0.15) is 24.2 Å². The van der Waals surface area contributed by atoms with E-state index in [9.17, 15) is 14.9 Å². The average molecular weight is 253 g/mol. The van der Waals surface area contributed by atoms with Crippen molar-refractivity contribution in [2.24, 2.45) is 0 Å². The van der Waals surface area contributed by atoms with Crippen LogP contribution in [0, 0.1) is 10.1 Å². The number of pyridine rings is 1. The van der Waals surface area contributed by atoms with Gasteiger partial charge in [-0.15, -0.1) is 0 Å². The van der Waals surface area contributed by atoms with Crippen LogP contribution in [-0.2, 0) is 9.53 Å². The zero-order valence-electron chi connectivity index (χ0n) is 10.5. The van der Waals surface area contributed by atoms with Crippen LogP contribution in [0.4, 0.5) is 11.5 Å². The minimum atomic E-state index is -0.540. The summed E-state index contributed by atoms with van der Waals surface area (Å²) in [6.07, 6.45) is 1.12. The van der Waals surface area contributed by atoms with Gasteiger partial charge >= 0.3 is 5.97 Å². The molecule has 1 heterocycles. The van der Waals surface area contributed by atoms with E-state index >= 15 is 0 Å². The third-order valence-corrected chi connectivity index (χ3v) is 1.79. The number of rotatable bonds is 4. The molecule has 0 unspecified atom stereocenters. The van der Waals surface area contributed by atoms with E-state index < -0.39 is 16.5 Å². The number of esters is 1. The fraction of sp³-hybridized carbons (Fsp3) is 0.455. The molecule has 0 radical (unpaired) electrons. The van der Waals surface area contributed by atoms with Crippen LogP contribution in [0.15, 0.2) is 18.3 Å². The number of hydrogen-bond acceptors (Lipinski definition) is 6. The van der Waals surface area contributed by atoms with E-state index in [-0.39, 0.29) is 12.2 Å². The van der Waals surface area contributed by atoms with Crippen LogP contribution in [0.5, 0.6) is 0 Å². The molecule has 0 saturated carbocycles. The molecule has 7 heteroatoms. The number of nitrogens with one attached hydrogen (secondary N) is 1. The minimum absolute atomic E-state index is 0.0396. The monoisotopic (exact) mass is 253 g/mol. The van der Waals surface area contributed by atoms with E-state index in [1.54, 1.807) is 20.8 Å². The summed E-state index contributed by atoms with van der Waals surface area (Å²) in [5.74, 6) is -0.0332. The number of hydrogen-bond donors (Lipinski definition) is 1. The average Bonchev–Trinajstić information content (AvgIpc) is 2.24. The Morgan fingerprint density at radius 1 is 1.50 bits per heavy atom. The van der Waals surface area contributed by atoms with Crippen LogP contribution in [-0.4, -0.2) is 28.0 Å². The maximum atomic E-state index is 11.4. The number of carbonyl (C=O) groups excluding carboxylic acids is 1. The molecule has 0 aliphatic heterocycles. The summed E-state index contributed by atoms with van der Waals surface area (Å²) in [7, 11) is 0. The lowest BCUT2D eigenvalue weighted by Gasteiger charge is -2.19. The molecule has 98 valence electrons. The van der Waals surface area contributed by atoms with Crippen LogP contribution in [0.1, 0.15) is 20.8 Å². The van der Waals surface area contributed by atoms with Crippen molar-refractivity contribution in [1.82, 2.24) is 4.98 Å². The number of aromatic nitrogens is 1. The van der Waals surface area contributed by atoms with Crippen molar-refractivity contribution in [3.05, 3.63) is 28.4 Å². The molecule has 0 bridgehead atoms. The number of ether oxygens (including phenoxy) is 1. The molecule has 1 rings (SSSR count). The first-order valence-electron chi connectivity index (χ1n) is 5.34. The normalized spacial score (nSPS) is 10.8. The van der Waals surface area contributed by atoms with Crippen molar-refractivity contribution >= 4 is 17.5 Å². The fourth-order valence-electron chi connectivity index (χ4n) is 1.14. The quantitative estimate of drug-likeness (QED) is 0.499. The molecule has 0 fully saturated rings. The third kappa shape index (κ3) is 4.77. The van der Waals surface area contributed by atoms with Gasteiger partial charge in [0, 0.05) is 6.07 Å². The van der Waals surface area contributed by atoms with Crippen LogP contribution < -0.4 is 5.32 Å². The maximum absolute atomic E-state index is 11.4. The second-order valence-electron chi connectivity index (χ2n) is 4.60. The zero-order valence-corrected chi connectivity index (χ0v) is 10.5. The zero-order chi connectivity index (χ0) is 13.8. The molecule has 0 aromatic carbocycles. The molecule has 18 heavy (non-hydrogen) atoms. The summed E-state index contributed by atoms with van der Waals surface area (Å²) < 4.78 is 5.08. The first-order chi connectivity index (χ1) is 8.28. The Balaban J connectivity index is 2.49. The molecular weight excluding hydrogens is 238 g/mol. The summed E-state index contributed by atoms with van der Waals surface area (Å²) in [5, 5.41) is 13.1. The summed E-state index contributed by atoms with van der Waals surface area (Å²) in [4.78, 5) is 25.1. The van der Waals surface area contributed by atoms with Gasteiger partial charge in [0.05, 0.1) is 4.92 Å². The molecular formula is C11H15N3O4. The Morgan fingerprint density at radius 2 is 2.17 bits per heavy atom. The summed E-state index contributed by atoms with van der Waals surface area (Å²) in [5.41, 5.74) is -0.639. The van der Waals surface area contributed by atoms with Crippen molar-refractivity contribution in [2.75, 3.05) is 11.9 Å². The predicted octanol–water partition coefficient (Wildman–Crippen LogP) is 1.74. The van der Waals surface area contributed by atoms with Crippen molar-refractivity contribution in [2.45, 2.75) is 26.4 Å². The Kier molecular flexibility index (Phi) is 4.19.